The van der Waals surface area contributed by atoms with Crippen molar-refractivity contribution in [3.05, 3.63) is 50.4 Å². The van der Waals surface area contributed by atoms with Gasteiger partial charge in [-0.2, -0.15) is 0 Å². The van der Waals surface area contributed by atoms with E-state index in [0.29, 0.717) is 6.42 Å². The molecule has 108 valence electrons. The van der Waals surface area contributed by atoms with E-state index < -0.39 is 11.6 Å². The number of hydrogen-bond donors (Lipinski definition) is 1. The smallest absolute Gasteiger partial charge is 0.173 e. The second kappa shape index (κ2) is 7.24. The van der Waals surface area contributed by atoms with Crippen LogP contribution in [0.1, 0.15) is 29.8 Å². The first-order valence-electron chi connectivity index (χ1n) is 6.37. The van der Waals surface area contributed by atoms with Gasteiger partial charge in [0, 0.05) is 23.5 Å². The molecule has 0 aliphatic carbocycles. The quantitative estimate of drug-likeness (QED) is 0.768. The van der Waals surface area contributed by atoms with Crippen LogP contribution in [0.2, 0.25) is 0 Å². The maximum atomic E-state index is 13.7. The van der Waals surface area contributed by atoms with E-state index >= 15 is 0 Å². The average Bonchev–Trinajstić information content (AvgIpc) is 2.94. The van der Waals surface area contributed by atoms with E-state index in [-0.39, 0.29) is 10.5 Å². The number of nitrogens with zero attached hydrogens (tertiary/aromatic N) is 1. The Hall–Kier alpha value is -0.850. The molecule has 2 rings (SSSR count). The fourth-order valence-electron chi connectivity index (χ4n) is 1.96. The summed E-state index contributed by atoms with van der Waals surface area (Å²) in [5.41, 5.74) is 2.50. The van der Waals surface area contributed by atoms with Crippen molar-refractivity contribution in [2.24, 2.45) is 0 Å². The van der Waals surface area contributed by atoms with E-state index in [1.54, 1.807) is 29.1 Å². The van der Waals surface area contributed by atoms with Crippen LogP contribution in [0, 0.1) is 11.6 Å². The Morgan fingerprint density at radius 3 is 2.85 bits per heavy atom. The monoisotopic (exact) mass is 360 g/mol. The molecule has 0 aliphatic heterocycles. The van der Waals surface area contributed by atoms with Crippen molar-refractivity contribution in [1.29, 1.82) is 0 Å². The van der Waals surface area contributed by atoms with Gasteiger partial charge in [-0.05, 0) is 40.5 Å². The highest BCUT2D eigenvalue weighted by molar-refractivity contribution is 9.10. The van der Waals surface area contributed by atoms with E-state index in [2.05, 4.69) is 33.2 Å². The molecule has 2 aromatic rings. The summed E-state index contributed by atoms with van der Waals surface area (Å²) in [6.45, 7) is 2.88. The second-order valence-corrected chi connectivity index (χ2v) is 6.21. The molecule has 6 heteroatoms. The lowest BCUT2D eigenvalue weighted by atomic mass is 10.0. The summed E-state index contributed by atoms with van der Waals surface area (Å²) in [5, 5.41) is 3.37. The molecule has 0 bridgehead atoms. The van der Waals surface area contributed by atoms with Crippen molar-refractivity contribution in [1.82, 2.24) is 10.3 Å². The highest BCUT2D eigenvalue weighted by Gasteiger charge is 2.19. The maximum Gasteiger partial charge on any atom is 0.173 e. The van der Waals surface area contributed by atoms with E-state index in [1.807, 2.05) is 0 Å². The Bertz CT molecular complexity index is 561. The molecule has 1 heterocycles. The highest BCUT2D eigenvalue weighted by Crippen LogP contribution is 2.30. The third-order valence-corrected chi connectivity index (χ3v) is 4.58. The normalized spacial score (nSPS) is 12.6. The molecular formula is C14H15BrF2N2S. The van der Waals surface area contributed by atoms with Gasteiger partial charge in [-0.1, -0.05) is 13.0 Å². The Kier molecular flexibility index (Phi) is 5.63. The van der Waals surface area contributed by atoms with Crippen LogP contribution in [0.15, 0.2) is 28.3 Å². The minimum atomic E-state index is -0.840. The Labute approximate surface area is 129 Å². The first-order chi connectivity index (χ1) is 9.63. The Morgan fingerprint density at radius 2 is 2.20 bits per heavy atom. The van der Waals surface area contributed by atoms with Gasteiger partial charge in [-0.15, -0.1) is 11.3 Å². The summed E-state index contributed by atoms with van der Waals surface area (Å²) in [6, 6.07) is 2.72. The van der Waals surface area contributed by atoms with Crippen LogP contribution in [0.5, 0.6) is 0 Å². The van der Waals surface area contributed by atoms with Crippen LogP contribution in [0.3, 0.4) is 0 Å². The molecule has 1 aromatic carbocycles. The minimum absolute atomic E-state index is 0.0696. The van der Waals surface area contributed by atoms with E-state index in [0.717, 1.165) is 23.4 Å². The van der Waals surface area contributed by atoms with E-state index in [4.69, 9.17) is 0 Å². The molecule has 1 aromatic heterocycles. The van der Waals surface area contributed by atoms with Crippen LogP contribution in [0.25, 0.3) is 0 Å². The summed E-state index contributed by atoms with van der Waals surface area (Å²) in [6.07, 6.45) is 3.48. The van der Waals surface area contributed by atoms with Gasteiger partial charge >= 0.3 is 0 Å². The van der Waals surface area contributed by atoms with Gasteiger partial charge in [0.1, 0.15) is 0 Å². The fourth-order valence-corrected chi connectivity index (χ4v) is 3.20. The van der Waals surface area contributed by atoms with Gasteiger partial charge in [0.15, 0.2) is 11.6 Å². The predicted molar refractivity (Wildman–Crippen MR) is 80.9 cm³/mol. The second-order valence-electron chi connectivity index (χ2n) is 4.44. The van der Waals surface area contributed by atoms with Gasteiger partial charge in [-0.25, -0.2) is 8.78 Å². The average molecular weight is 361 g/mol. The lowest BCUT2D eigenvalue weighted by Gasteiger charge is -2.20. The third kappa shape index (κ3) is 3.62. The molecular weight excluding hydrogens is 346 g/mol. The van der Waals surface area contributed by atoms with Crippen LogP contribution < -0.4 is 5.32 Å². The van der Waals surface area contributed by atoms with Gasteiger partial charge in [0.05, 0.1) is 9.98 Å². The number of benzene rings is 1. The molecule has 0 aliphatic rings. The molecule has 1 unspecified atom stereocenters. The summed E-state index contributed by atoms with van der Waals surface area (Å²) >= 11 is 4.72. The number of rotatable bonds is 6. The summed E-state index contributed by atoms with van der Waals surface area (Å²) in [4.78, 5) is 5.15. The number of thiazole rings is 1. The lowest BCUT2D eigenvalue weighted by Crippen LogP contribution is -2.24. The van der Waals surface area contributed by atoms with Crippen molar-refractivity contribution in [3.63, 3.8) is 0 Å². The first kappa shape index (κ1) is 15.5. The number of halogens is 3. The van der Waals surface area contributed by atoms with E-state index in [1.165, 1.54) is 6.07 Å². The molecule has 20 heavy (non-hydrogen) atoms. The van der Waals surface area contributed by atoms with Crippen molar-refractivity contribution >= 4 is 27.3 Å². The zero-order valence-electron chi connectivity index (χ0n) is 11.0. The van der Waals surface area contributed by atoms with Crippen LogP contribution in [0.4, 0.5) is 8.78 Å². The van der Waals surface area contributed by atoms with Gasteiger partial charge in [0.25, 0.3) is 0 Å². The predicted octanol–water partition coefficient (Wildman–Crippen LogP) is 4.47. The molecule has 0 radical (unpaired) electrons. The lowest BCUT2D eigenvalue weighted by molar-refractivity contribution is 0.488. The SMILES string of the molecule is CCCNC(Cc1cncs1)c1ccc(F)c(F)c1Br. The maximum absolute atomic E-state index is 13.7. The Balaban J connectivity index is 2.28. The van der Waals surface area contributed by atoms with Gasteiger partial charge in [0.2, 0.25) is 0 Å². The third-order valence-electron chi connectivity index (χ3n) is 2.97. The topological polar surface area (TPSA) is 24.9 Å². The molecule has 0 fully saturated rings. The fraction of sp³-hybridized carbons (Fsp3) is 0.357. The molecule has 1 atom stereocenters. The van der Waals surface area contributed by atoms with Crippen molar-refractivity contribution in [3.8, 4) is 0 Å². The molecule has 1 N–H and O–H groups in total. The minimum Gasteiger partial charge on any atom is -0.310 e. The number of aromatic nitrogens is 1. The first-order valence-corrected chi connectivity index (χ1v) is 8.04. The van der Waals surface area contributed by atoms with Gasteiger partial charge in [-0.3, -0.25) is 4.98 Å². The van der Waals surface area contributed by atoms with Gasteiger partial charge < -0.3 is 5.32 Å². The summed E-state index contributed by atoms with van der Waals surface area (Å²) < 4.78 is 27.1. The van der Waals surface area contributed by atoms with Crippen LogP contribution in [-0.4, -0.2) is 11.5 Å². The molecule has 0 amide bonds. The number of hydrogen-bond acceptors (Lipinski definition) is 3. The molecule has 2 nitrogen and oxygen atoms in total. The largest absolute Gasteiger partial charge is 0.310 e. The molecule has 0 saturated carbocycles. The van der Waals surface area contributed by atoms with Crippen molar-refractivity contribution < 1.29 is 8.78 Å². The standard InChI is InChI=1S/C14H15BrF2N2S/c1-2-5-19-12(6-9-7-18-8-20-9)10-3-4-11(16)14(17)13(10)15/h3-4,7-8,12,19H,2,5-6H2,1H3. The zero-order valence-corrected chi connectivity index (χ0v) is 13.4. The number of nitrogens with one attached hydrogen (secondary N) is 1. The van der Waals surface area contributed by atoms with Crippen LogP contribution >= 0.6 is 27.3 Å². The van der Waals surface area contributed by atoms with Crippen molar-refractivity contribution in [2.75, 3.05) is 6.54 Å². The zero-order chi connectivity index (χ0) is 14.5. The summed E-state index contributed by atoms with van der Waals surface area (Å²) in [5.74, 6) is -1.68. The molecule has 0 spiro atoms. The molecule has 0 saturated heterocycles. The summed E-state index contributed by atoms with van der Waals surface area (Å²) in [7, 11) is 0. The van der Waals surface area contributed by atoms with Crippen molar-refractivity contribution in [2.45, 2.75) is 25.8 Å². The Morgan fingerprint density at radius 1 is 1.40 bits per heavy atom. The van der Waals surface area contributed by atoms with Crippen LogP contribution in [-0.2, 0) is 6.42 Å². The highest BCUT2D eigenvalue weighted by atomic mass is 79.9. The van der Waals surface area contributed by atoms with E-state index in [9.17, 15) is 8.78 Å².